The first kappa shape index (κ1) is 12.2. The van der Waals surface area contributed by atoms with Gasteiger partial charge < -0.3 is 14.4 Å². The lowest BCUT2D eigenvalue weighted by atomic mass is 10.1. The van der Waals surface area contributed by atoms with Crippen LogP contribution in [0.2, 0.25) is 0 Å². The molecule has 0 aliphatic heterocycles. The van der Waals surface area contributed by atoms with Crippen molar-refractivity contribution in [3.05, 3.63) is 41.6 Å². The highest BCUT2D eigenvalue weighted by atomic mass is 16.5. The van der Waals surface area contributed by atoms with E-state index in [1.165, 1.54) is 0 Å². The van der Waals surface area contributed by atoms with E-state index < -0.39 is 5.97 Å². The van der Waals surface area contributed by atoms with Crippen LogP contribution >= 0.6 is 0 Å². The molecule has 1 aromatic carbocycles. The van der Waals surface area contributed by atoms with Gasteiger partial charge in [0.1, 0.15) is 5.75 Å². The second-order valence-electron chi connectivity index (χ2n) is 4.13. The van der Waals surface area contributed by atoms with Gasteiger partial charge in [0.2, 0.25) is 0 Å². The van der Waals surface area contributed by atoms with Gasteiger partial charge in [0, 0.05) is 18.8 Å². The summed E-state index contributed by atoms with van der Waals surface area (Å²) in [4.78, 5) is 11.1. The Morgan fingerprint density at radius 1 is 1.33 bits per heavy atom. The van der Waals surface area contributed by atoms with E-state index in [0.717, 1.165) is 22.6 Å². The van der Waals surface area contributed by atoms with Gasteiger partial charge in [-0.15, -0.1) is 0 Å². The molecule has 2 aromatic rings. The SMILES string of the molecule is COc1ccccc1-c1c(C)c(C(=O)O)cn1C. The molecule has 18 heavy (non-hydrogen) atoms. The molecule has 1 heterocycles. The Labute approximate surface area is 105 Å². The number of hydrogen-bond donors (Lipinski definition) is 1. The van der Waals surface area contributed by atoms with E-state index in [9.17, 15) is 4.79 Å². The summed E-state index contributed by atoms with van der Waals surface area (Å²) in [5, 5.41) is 9.13. The molecule has 2 rings (SSSR count). The molecule has 0 aliphatic rings. The van der Waals surface area contributed by atoms with E-state index in [1.807, 2.05) is 42.8 Å². The topological polar surface area (TPSA) is 51.5 Å². The molecule has 4 nitrogen and oxygen atoms in total. The standard InChI is InChI=1S/C14H15NO3/c1-9-11(14(16)17)8-15(2)13(9)10-6-4-5-7-12(10)18-3/h4-8H,1-3H3,(H,16,17). The summed E-state index contributed by atoms with van der Waals surface area (Å²) in [6.45, 7) is 1.81. The fourth-order valence-corrected chi connectivity index (χ4v) is 2.20. The first-order chi connectivity index (χ1) is 8.56. The number of para-hydroxylation sites is 1. The van der Waals surface area contributed by atoms with Crippen LogP contribution in [0.3, 0.4) is 0 Å². The first-order valence-electron chi connectivity index (χ1n) is 5.59. The summed E-state index contributed by atoms with van der Waals surface area (Å²) in [5.74, 6) is -0.178. The molecular formula is C14H15NO3. The lowest BCUT2D eigenvalue weighted by Gasteiger charge is -2.10. The Bertz CT molecular complexity index is 599. The summed E-state index contributed by atoms with van der Waals surface area (Å²) in [5.41, 5.74) is 2.82. The van der Waals surface area contributed by atoms with Crippen LogP contribution in [-0.2, 0) is 7.05 Å². The number of carboxylic acids is 1. The highest BCUT2D eigenvalue weighted by Gasteiger charge is 2.18. The van der Waals surface area contributed by atoms with Crippen molar-refractivity contribution in [2.24, 2.45) is 7.05 Å². The third-order valence-electron chi connectivity index (χ3n) is 3.03. The van der Waals surface area contributed by atoms with Gasteiger partial charge in [0.05, 0.1) is 18.4 Å². The normalized spacial score (nSPS) is 10.4. The maximum Gasteiger partial charge on any atom is 0.337 e. The molecule has 0 radical (unpaired) electrons. The fraction of sp³-hybridized carbons (Fsp3) is 0.214. The molecule has 1 aromatic heterocycles. The Hall–Kier alpha value is -2.23. The fourth-order valence-electron chi connectivity index (χ4n) is 2.20. The molecule has 94 valence electrons. The molecule has 0 saturated carbocycles. The van der Waals surface area contributed by atoms with Crippen LogP contribution in [0.1, 0.15) is 15.9 Å². The van der Waals surface area contributed by atoms with Crippen LogP contribution in [-0.4, -0.2) is 22.8 Å². The highest BCUT2D eigenvalue weighted by Crippen LogP contribution is 2.33. The van der Waals surface area contributed by atoms with Crippen LogP contribution in [0, 0.1) is 6.92 Å². The van der Waals surface area contributed by atoms with Crippen molar-refractivity contribution in [2.45, 2.75) is 6.92 Å². The molecule has 0 bridgehead atoms. The summed E-state index contributed by atoms with van der Waals surface area (Å²) in [6.07, 6.45) is 1.62. The summed E-state index contributed by atoms with van der Waals surface area (Å²) in [7, 11) is 3.44. The Kier molecular flexibility index (Phi) is 3.10. The second-order valence-corrected chi connectivity index (χ2v) is 4.13. The number of methoxy groups -OCH3 is 1. The van der Waals surface area contributed by atoms with E-state index in [4.69, 9.17) is 9.84 Å². The number of rotatable bonds is 3. The largest absolute Gasteiger partial charge is 0.496 e. The second kappa shape index (κ2) is 4.56. The van der Waals surface area contributed by atoms with Crippen LogP contribution < -0.4 is 4.74 Å². The predicted octanol–water partition coefficient (Wildman–Crippen LogP) is 2.71. The van der Waals surface area contributed by atoms with Gasteiger partial charge in [-0.05, 0) is 24.6 Å². The molecule has 0 saturated heterocycles. The molecule has 0 fully saturated rings. The Balaban J connectivity index is 2.68. The van der Waals surface area contributed by atoms with Crippen molar-refractivity contribution in [3.8, 4) is 17.0 Å². The molecule has 1 N–H and O–H groups in total. The number of ether oxygens (including phenoxy) is 1. The molecule has 0 amide bonds. The minimum atomic E-state index is -0.913. The summed E-state index contributed by atoms with van der Waals surface area (Å²) in [6, 6.07) is 7.58. The molecule has 0 unspecified atom stereocenters. The Morgan fingerprint density at radius 3 is 2.56 bits per heavy atom. The average molecular weight is 245 g/mol. The molecular weight excluding hydrogens is 230 g/mol. The number of benzene rings is 1. The van der Waals surface area contributed by atoms with E-state index in [2.05, 4.69) is 0 Å². The highest BCUT2D eigenvalue weighted by molar-refractivity contribution is 5.92. The number of nitrogens with zero attached hydrogens (tertiary/aromatic N) is 1. The van der Waals surface area contributed by atoms with Crippen LogP contribution in [0.15, 0.2) is 30.5 Å². The van der Waals surface area contributed by atoms with E-state index in [1.54, 1.807) is 13.3 Å². The van der Waals surface area contributed by atoms with Gasteiger partial charge in [-0.3, -0.25) is 0 Å². The molecule has 4 heteroatoms. The third kappa shape index (κ3) is 1.86. The zero-order chi connectivity index (χ0) is 13.3. The molecule has 0 atom stereocenters. The lowest BCUT2D eigenvalue weighted by Crippen LogP contribution is -1.96. The van der Waals surface area contributed by atoms with Crippen molar-refractivity contribution < 1.29 is 14.6 Å². The van der Waals surface area contributed by atoms with Crippen LogP contribution in [0.25, 0.3) is 11.3 Å². The van der Waals surface area contributed by atoms with Crippen molar-refractivity contribution in [2.75, 3.05) is 7.11 Å². The monoisotopic (exact) mass is 245 g/mol. The molecule has 0 aliphatic carbocycles. The zero-order valence-corrected chi connectivity index (χ0v) is 10.6. The lowest BCUT2D eigenvalue weighted by molar-refractivity contribution is 0.0696. The number of aryl methyl sites for hydroxylation is 1. The van der Waals surface area contributed by atoms with Crippen molar-refractivity contribution in [1.82, 2.24) is 4.57 Å². The first-order valence-corrected chi connectivity index (χ1v) is 5.59. The smallest absolute Gasteiger partial charge is 0.337 e. The van der Waals surface area contributed by atoms with E-state index >= 15 is 0 Å². The van der Waals surface area contributed by atoms with Gasteiger partial charge >= 0.3 is 5.97 Å². The molecule has 0 spiro atoms. The van der Waals surface area contributed by atoms with Crippen LogP contribution in [0.4, 0.5) is 0 Å². The number of carboxylic acid groups (broad SMARTS) is 1. The predicted molar refractivity (Wildman–Crippen MR) is 69.1 cm³/mol. The number of carbonyl (C=O) groups is 1. The number of hydrogen-bond acceptors (Lipinski definition) is 2. The summed E-state index contributed by atoms with van der Waals surface area (Å²) >= 11 is 0. The average Bonchev–Trinajstić information content (AvgIpc) is 2.65. The van der Waals surface area contributed by atoms with Gasteiger partial charge in [0.15, 0.2) is 0 Å². The van der Waals surface area contributed by atoms with E-state index in [-0.39, 0.29) is 0 Å². The minimum Gasteiger partial charge on any atom is -0.496 e. The third-order valence-corrected chi connectivity index (χ3v) is 3.03. The maximum absolute atomic E-state index is 11.1. The maximum atomic E-state index is 11.1. The quantitative estimate of drug-likeness (QED) is 0.904. The minimum absolute atomic E-state index is 0.318. The van der Waals surface area contributed by atoms with Gasteiger partial charge in [-0.25, -0.2) is 4.79 Å². The van der Waals surface area contributed by atoms with Crippen molar-refractivity contribution >= 4 is 5.97 Å². The number of aromatic nitrogens is 1. The van der Waals surface area contributed by atoms with E-state index in [0.29, 0.717) is 5.56 Å². The van der Waals surface area contributed by atoms with Crippen molar-refractivity contribution in [1.29, 1.82) is 0 Å². The number of aromatic carboxylic acids is 1. The van der Waals surface area contributed by atoms with Gasteiger partial charge in [-0.1, -0.05) is 12.1 Å². The van der Waals surface area contributed by atoms with Gasteiger partial charge in [-0.2, -0.15) is 0 Å². The van der Waals surface area contributed by atoms with Gasteiger partial charge in [0.25, 0.3) is 0 Å². The summed E-state index contributed by atoms with van der Waals surface area (Å²) < 4.78 is 7.13. The zero-order valence-electron chi connectivity index (χ0n) is 10.6. The van der Waals surface area contributed by atoms with Crippen LogP contribution in [0.5, 0.6) is 5.75 Å². The van der Waals surface area contributed by atoms with Crippen molar-refractivity contribution in [3.63, 3.8) is 0 Å². The Morgan fingerprint density at radius 2 is 2.00 bits per heavy atom.